The molecule has 2 heterocycles. The summed E-state index contributed by atoms with van der Waals surface area (Å²) in [6.07, 6.45) is 0. The molecule has 4 aromatic rings. The maximum absolute atomic E-state index is 12.2. The number of nitrogens with one attached hydrogen (secondary N) is 2. The van der Waals surface area contributed by atoms with Crippen LogP contribution in [-0.2, 0) is 4.79 Å². The van der Waals surface area contributed by atoms with Crippen molar-refractivity contribution in [1.29, 1.82) is 0 Å². The van der Waals surface area contributed by atoms with Gasteiger partial charge in [0, 0.05) is 5.69 Å². The van der Waals surface area contributed by atoms with Gasteiger partial charge in [0.05, 0.1) is 16.8 Å². The van der Waals surface area contributed by atoms with Crippen LogP contribution in [-0.4, -0.2) is 37.9 Å². The molecule has 138 valence electrons. The number of H-pyrrole nitrogens is 1. The number of hydrogen-bond donors (Lipinski definition) is 2. The second-order valence-corrected chi connectivity index (χ2v) is 6.45. The number of rotatable bonds is 6. The summed E-state index contributed by atoms with van der Waals surface area (Å²) in [4.78, 5) is 16.6. The molecule has 10 heteroatoms. The van der Waals surface area contributed by atoms with Gasteiger partial charge in [-0.25, -0.2) is 10.1 Å². The second kappa shape index (κ2) is 7.23. The number of carbonyl (C=O) groups excluding carboxylic acids is 1. The number of aromatic amines is 1. The number of carbonyl (C=O) groups is 1. The van der Waals surface area contributed by atoms with E-state index in [1.54, 1.807) is 0 Å². The molecular formula is C17H13F2N5O2S. The van der Waals surface area contributed by atoms with E-state index >= 15 is 0 Å². The fourth-order valence-corrected chi connectivity index (χ4v) is 3.34. The van der Waals surface area contributed by atoms with Crippen LogP contribution in [0.3, 0.4) is 0 Å². The molecule has 0 unspecified atom stereocenters. The number of ether oxygens (including phenoxy) is 1. The van der Waals surface area contributed by atoms with Crippen molar-refractivity contribution in [2.24, 2.45) is 0 Å². The van der Waals surface area contributed by atoms with Crippen LogP contribution in [0, 0.1) is 0 Å². The van der Waals surface area contributed by atoms with Gasteiger partial charge in [-0.1, -0.05) is 23.9 Å². The maximum atomic E-state index is 12.2. The number of benzene rings is 2. The SMILES string of the molecule is O=C(CSc1n[nH]c2nc3ccccc3n12)Nc1ccc(OC(F)F)cc1. The van der Waals surface area contributed by atoms with E-state index in [2.05, 4.69) is 25.2 Å². The van der Waals surface area contributed by atoms with Crippen molar-refractivity contribution in [1.82, 2.24) is 19.6 Å². The first kappa shape index (κ1) is 17.3. The quantitative estimate of drug-likeness (QED) is 0.493. The number of anilines is 1. The first-order valence-electron chi connectivity index (χ1n) is 7.89. The van der Waals surface area contributed by atoms with Gasteiger partial charge in [-0.2, -0.15) is 8.78 Å². The highest BCUT2D eigenvalue weighted by molar-refractivity contribution is 7.99. The number of thioether (sulfide) groups is 1. The maximum Gasteiger partial charge on any atom is 0.387 e. The van der Waals surface area contributed by atoms with Gasteiger partial charge in [0.15, 0.2) is 5.16 Å². The van der Waals surface area contributed by atoms with Gasteiger partial charge >= 0.3 is 6.61 Å². The molecule has 0 aliphatic carbocycles. The Hall–Kier alpha value is -3.14. The van der Waals surface area contributed by atoms with Crippen molar-refractivity contribution < 1.29 is 18.3 Å². The van der Waals surface area contributed by atoms with Crippen LogP contribution in [0.1, 0.15) is 0 Å². The minimum atomic E-state index is -2.88. The zero-order chi connectivity index (χ0) is 18.8. The molecule has 0 saturated carbocycles. The number of halogens is 2. The van der Waals surface area contributed by atoms with E-state index in [0.717, 1.165) is 11.0 Å². The smallest absolute Gasteiger partial charge is 0.387 e. The molecule has 0 fully saturated rings. The molecule has 1 amide bonds. The van der Waals surface area contributed by atoms with E-state index in [1.807, 2.05) is 28.7 Å². The number of aromatic nitrogens is 4. The van der Waals surface area contributed by atoms with E-state index in [4.69, 9.17) is 0 Å². The minimum absolute atomic E-state index is 0.0308. The van der Waals surface area contributed by atoms with Crippen molar-refractivity contribution in [3.63, 3.8) is 0 Å². The number of nitrogens with zero attached hydrogens (tertiary/aromatic N) is 3. The Balaban J connectivity index is 1.41. The molecule has 0 aliphatic rings. The van der Waals surface area contributed by atoms with Gasteiger partial charge in [0.25, 0.3) is 0 Å². The molecule has 2 aromatic heterocycles. The Bertz CT molecular complexity index is 1090. The number of alkyl halides is 2. The van der Waals surface area contributed by atoms with Crippen LogP contribution in [0.2, 0.25) is 0 Å². The predicted octanol–water partition coefficient (Wildman–Crippen LogP) is 3.54. The Kier molecular flexibility index (Phi) is 4.63. The average molecular weight is 389 g/mol. The highest BCUT2D eigenvalue weighted by Gasteiger charge is 2.13. The van der Waals surface area contributed by atoms with Crippen molar-refractivity contribution in [2.75, 3.05) is 11.1 Å². The third kappa shape index (κ3) is 3.70. The molecule has 0 spiro atoms. The van der Waals surface area contributed by atoms with Gasteiger partial charge in [-0.15, -0.1) is 5.10 Å². The summed E-state index contributed by atoms with van der Waals surface area (Å²) in [7, 11) is 0. The average Bonchev–Trinajstić information content (AvgIpc) is 3.20. The van der Waals surface area contributed by atoms with Gasteiger partial charge in [-0.3, -0.25) is 9.20 Å². The Morgan fingerprint density at radius 1 is 1.22 bits per heavy atom. The molecule has 2 aromatic carbocycles. The zero-order valence-corrected chi connectivity index (χ0v) is 14.5. The number of imidazole rings is 1. The van der Waals surface area contributed by atoms with Gasteiger partial charge in [-0.05, 0) is 36.4 Å². The zero-order valence-electron chi connectivity index (χ0n) is 13.7. The fraction of sp³-hybridized carbons (Fsp3) is 0.118. The minimum Gasteiger partial charge on any atom is -0.435 e. The van der Waals surface area contributed by atoms with Crippen LogP contribution < -0.4 is 10.1 Å². The van der Waals surface area contributed by atoms with Crippen LogP contribution >= 0.6 is 11.8 Å². The van der Waals surface area contributed by atoms with Crippen LogP contribution in [0.15, 0.2) is 53.7 Å². The lowest BCUT2D eigenvalue weighted by atomic mass is 10.3. The summed E-state index contributed by atoms with van der Waals surface area (Å²) in [5.74, 6) is 0.516. The molecule has 27 heavy (non-hydrogen) atoms. The second-order valence-electron chi connectivity index (χ2n) is 5.51. The summed E-state index contributed by atoms with van der Waals surface area (Å²) >= 11 is 1.26. The standard InChI is InChI=1S/C17H13F2N5O2S/c18-15(19)26-11-7-5-10(6-8-11)20-14(25)9-27-17-23-22-16-21-12-3-1-2-4-13(12)24(16)17/h1-8,15H,9H2,(H,20,25)(H,21,22). The van der Waals surface area contributed by atoms with E-state index < -0.39 is 6.61 Å². The molecule has 2 N–H and O–H groups in total. The summed E-state index contributed by atoms with van der Waals surface area (Å²) in [6, 6.07) is 13.4. The number of amides is 1. The number of para-hydroxylation sites is 2. The molecular weight excluding hydrogens is 376 g/mol. The topological polar surface area (TPSA) is 84.3 Å². The van der Waals surface area contributed by atoms with Crippen molar-refractivity contribution in [3.05, 3.63) is 48.5 Å². The normalized spacial score (nSPS) is 11.4. The first-order chi connectivity index (χ1) is 13.1. The van der Waals surface area contributed by atoms with Crippen LogP contribution in [0.5, 0.6) is 5.75 Å². The number of fused-ring (bicyclic) bond motifs is 3. The van der Waals surface area contributed by atoms with Gasteiger partial charge < -0.3 is 10.1 Å². The van der Waals surface area contributed by atoms with Crippen molar-refractivity contribution in [3.8, 4) is 5.75 Å². The highest BCUT2D eigenvalue weighted by Crippen LogP contribution is 2.23. The Labute approximate surface area is 155 Å². The largest absolute Gasteiger partial charge is 0.435 e. The fourth-order valence-electron chi connectivity index (χ4n) is 2.59. The summed E-state index contributed by atoms with van der Waals surface area (Å²) in [5.41, 5.74) is 2.23. The van der Waals surface area contributed by atoms with E-state index in [0.29, 0.717) is 16.6 Å². The van der Waals surface area contributed by atoms with Crippen molar-refractivity contribution in [2.45, 2.75) is 11.8 Å². The third-order valence-corrected chi connectivity index (χ3v) is 4.64. The Morgan fingerprint density at radius 3 is 2.78 bits per heavy atom. The lowest BCUT2D eigenvalue weighted by molar-refractivity contribution is -0.113. The van der Waals surface area contributed by atoms with E-state index in [1.165, 1.54) is 36.0 Å². The summed E-state index contributed by atoms with van der Waals surface area (Å²) < 4.78 is 30.4. The van der Waals surface area contributed by atoms with Gasteiger partial charge in [0.1, 0.15) is 5.75 Å². The predicted molar refractivity (Wildman–Crippen MR) is 97.3 cm³/mol. The number of hydrogen-bond acceptors (Lipinski definition) is 5. The van der Waals surface area contributed by atoms with Crippen molar-refractivity contribution >= 4 is 40.2 Å². The molecule has 0 saturated heterocycles. The summed E-state index contributed by atoms with van der Waals surface area (Å²) in [6.45, 7) is -2.88. The van der Waals surface area contributed by atoms with E-state index in [-0.39, 0.29) is 17.4 Å². The molecule has 0 radical (unpaired) electrons. The summed E-state index contributed by atoms with van der Waals surface area (Å²) in [5, 5.41) is 10.4. The highest BCUT2D eigenvalue weighted by atomic mass is 32.2. The molecule has 4 rings (SSSR count). The monoisotopic (exact) mass is 389 g/mol. The molecule has 0 atom stereocenters. The van der Waals surface area contributed by atoms with Gasteiger partial charge in [0.2, 0.25) is 11.7 Å². The van der Waals surface area contributed by atoms with Crippen LogP contribution in [0.25, 0.3) is 16.8 Å². The molecule has 7 nitrogen and oxygen atoms in total. The third-order valence-electron chi connectivity index (χ3n) is 3.70. The van der Waals surface area contributed by atoms with Crippen LogP contribution in [0.4, 0.5) is 14.5 Å². The first-order valence-corrected chi connectivity index (χ1v) is 8.88. The Morgan fingerprint density at radius 2 is 2.00 bits per heavy atom. The molecule has 0 aliphatic heterocycles. The lowest BCUT2D eigenvalue weighted by Crippen LogP contribution is -2.14. The molecule has 0 bridgehead atoms. The lowest BCUT2D eigenvalue weighted by Gasteiger charge is -2.07. The van der Waals surface area contributed by atoms with E-state index in [9.17, 15) is 13.6 Å².